The van der Waals surface area contributed by atoms with Crippen molar-refractivity contribution in [3.8, 4) is 23.0 Å². The SMILES string of the molecule is CCc1cc(-c2nc(-c3ccc(Cl)cn3)no2)c(N)s1. The zero-order chi connectivity index (χ0) is 14.1. The Morgan fingerprint density at radius 1 is 1.40 bits per heavy atom. The molecule has 3 aromatic rings. The maximum Gasteiger partial charge on any atom is 0.261 e. The summed E-state index contributed by atoms with van der Waals surface area (Å²) in [5, 5.41) is 5.17. The molecule has 0 radical (unpaired) electrons. The predicted molar refractivity (Wildman–Crippen MR) is 79.6 cm³/mol. The van der Waals surface area contributed by atoms with Gasteiger partial charge in [0.15, 0.2) is 0 Å². The van der Waals surface area contributed by atoms with Gasteiger partial charge < -0.3 is 10.3 Å². The molecule has 0 unspecified atom stereocenters. The minimum absolute atomic E-state index is 0.408. The first kappa shape index (κ1) is 13.1. The van der Waals surface area contributed by atoms with Crippen LogP contribution in [0.4, 0.5) is 5.00 Å². The summed E-state index contributed by atoms with van der Waals surface area (Å²) in [6, 6.07) is 5.45. The lowest BCUT2D eigenvalue weighted by molar-refractivity contribution is 0.432. The summed E-state index contributed by atoms with van der Waals surface area (Å²) < 4.78 is 5.27. The van der Waals surface area contributed by atoms with Gasteiger partial charge in [-0.25, -0.2) is 0 Å². The van der Waals surface area contributed by atoms with E-state index in [-0.39, 0.29) is 0 Å². The van der Waals surface area contributed by atoms with Crippen molar-refractivity contribution in [2.75, 3.05) is 5.73 Å². The molecule has 0 aliphatic carbocycles. The van der Waals surface area contributed by atoms with Gasteiger partial charge in [-0.15, -0.1) is 11.3 Å². The van der Waals surface area contributed by atoms with E-state index in [1.165, 1.54) is 16.2 Å². The molecule has 3 rings (SSSR count). The topological polar surface area (TPSA) is 77.8 Å². The van der Waals surface area contributed by atoms with Crippen LogP contribution in [0.3, 0.4) is 0 Å². The monoisotopic (exact) mass is 306 g/mol. The van der Waals surface area contributed by atoms with Gasteiger partial charge in [0.2, 0.25) is 5.82 Å². The number of anilines is 1. The Labute approximate surface area is 124 Å². The summed E-state index contributed by atoms with van der Waals surface area (Å²) in [6.07, 6.45) is 2.47. The summed E-state index contributed by atoms with van der Waals surface area (Å²) in [4.78, 5) is 9.67. The molecular formula is C13H11ClN4OS. The highest BCUT2D eigenvalue weighted by atomic mass is 35.5. The number of aryl methyl sites for hydroxylation is 1. The van der Waals surface area contributed by atoms with Crippen molar-refractivity contribution < 1.29 is 4.52 Å². The van der Waals surface area contributed by atoms with Crippen LogP contribution in [0, 0.1) is 0 Å². The van der Waals surface area contributed by atoms with Gasteiger partial charge in [-0.2, -0.15) is 4.98 Å². The summed E-state index contributed by atoms with van der Waals surface area (Å²) in [5.74, 6) is 0.825. The van der Waals surface area contributed by atoms with Gasteiger partial charge in [0.25, 0.3) is 5.89 Å². The van der Waals surface area contributed by atoms with Gasteiger partial charge in [-0.1, -0.05) is 23.7 Å². The smallest absolute Gasteiger partial charge is 0.261 e. The van der Waals surface area contributed by atoms with Gasteiger partial charge in [-0.05, 0) is 24.6 Å². The number of rotatable bonds is 3. The fourth-order valence-corrected chi connectivity index (χ4v) is 2.72. The van der Waals surface area contributed by atoms with Crippen LogP contribution in [0.5, 0.6) is 0 Å². The molecule has 0 bridgehead atoms. The van der Waals surface area contributed by atoms with E-state index in [2.05, 4.69) is 22.0 Å². The van der Waals surface area contributed by atoms with Crippen LogP contribution in [-0.2, 0) is 6.42 Å². The summed E-state index contributed by atoms with van der Waals surface area (Å²) in [7, 11) is 0. The predicted octanol–water partition coefficient (Wildman–Crippen LogP) is 3.66. The Morgan fingerprint density at radius 3 is 2.90 bits per heavy atom. The van der Waals surface area contributed by atoms with Crippen LogP contribution >= 0.6 is 22.9 Å². The molecule has 0 amide bonds. The maximum absolute atomic E-state index is 5.97. The molecule has 7 heteroatoms. The van der Waals surface area contributed by atoms with Crippen LogP contribution < -0.4 is 5.73 Å². The molecule has 20 heavy (non-hydrogen) atoms. The van der Waals surface area contributed by atoms with Crippen molar-refractivity contribution in [2.45, 2.75) is 13.3 Å². The third-order valence-electron chi connectivity index (χ3n) is 2.77. The Morgan fingerprint density at radius 2 is 2.25 bits per heavy atom. The largest absolute Gasteiger partial charge is 0.390 e. The van der Waals surface area contributed by atoms with Crippen molar-refractivity contribution >= 4 is 27.9 Å². The summed E-state index contributed by atoms with van der Waals surface area (Å²) in [6.45, 7) is 2.08. The molecule has 3 heterocycles. The van der Waals surface area contributed by atoms with Crippen LogP contribution in [0.1, 0.15) is 11.8 Å². The minimum atomic E-state index is 0.408. The second-order valence-corrected chi connectivity index (χ2v) is 5.73. The number of halogens is 1. The molecule has 5 nitrogen and oxygen atoms in total. The Bertz CT molecular complexity index is 735. The molecule has 0 aromatic carbocycles. The summed E-state index contributed by atoms with van der Waals surface area (Å²) >= 11 is 7.33. The highest BCUT2D eigenvalue weighted by Crippen LogP contribution is 2.33. The van der Waals surface area contributed by atoms with Gasteiger partial charge in [-0.3, -0.25) is 4.98 Å². The second-order valence-electron chi connectivity index (χ2n) is 4.13. The molecule has 0 spiro atoms. The normalized spacial score (nSPS) is 10.9. The highest BCUT2D eigenvalue weighted by Gasteiger charge is 2.16. The molecule has 0 aliphatic rings. The van der Waals surface area contributed by atoms with Crippen molar-refractivity contribution in [3.05, 3.63) is 34.3 Å². The molecule has 0 atom stereocenters. The summed E-state index contributed by atoms with van der Waals surface area (Å²) in [5.41, 5.74) is 7.36. The first-order valence-electron chi connectivity index (χ1n) is 6.01. The van der Waals surface area contributed by atoms with Crippen molar-refractivity contribution in [2.24, 2.45) is 0 Å². The number of nitrogens with zero attached hydrogens (tertiary/aromatic N) is 3. The molecule has 2 N–H and O–H groups in total. The van der Waals surface area contributed by atoms with Crippen LogP contribution in [0.2, 0.25) is 5.02 Å². The minimum Gasteiger partial charge on any atom is -0.390 e. The van der Waals surface area contributed by atoms with Crippen LogP contribution in [-0.4, -0.2) is 15.1 Å². The number of hydrogen-bond acceptors (Lipinski definition) is 6. The second kappa shape index (κ2) is 5.22. The Kier molecular flexibility index (Phi) is 3.42. The van der Waals surface area contributed by atoms with E-state index in [0.29, 0.717) is 27.4 Å². The number of hydrogen-bond donors (Lipinski definition) is 1. The fourth-order valence-electron chi connectivity index (χ4n) is 1.74. The quantitative estimate of drug-likeness (QED) is 0.799. The molecule has 0 aliphatic heterocycles. The maximum atomic E-state index is 5.97. The number of aromatic nitrogens is 3. The molecule has 0 saturated carbocycles. The number of nitrogens with two attached hydrogens (primary N) is 1. The van der Waals surface area contributed by atoms with E-state index in [0.717, 1.165) is 12.0 Å². The number of nitrogen functional groups attached to an aromatic ring is 1. The average molecular weight is 307 g/mol. The molecular weight excluding hydrogens is 296 g/mol. The third-order valence-corrected chi connectivity index (χ3v) is 4.11. The first-order chi connectivity index (χ1) is 9.67. The lowest BCUT2D eigenvalue weighted by atomic mass is 10.2. The van der Waals surface area contributed by atoms with Gasteiger partial charge in [0, 0.05) is 11.1 Å². The number of pyridine rings is 1. The van der Waals surface area contributed by atoms with E-state index in [9.17, 15) is 0 Å². The molecule has 0 saturated heterocycles. The van der Waals surface area contributed by atoms with Gasteiger partial charge in [0.05, 0.1) is 15.6 Å². The Balaban J connectivity index is 1.97. The Hall–Kier alpha value is -1.92. The van der Waals surface area contributed by atoms with Gasteiger partial charge >= 0.3 is 0 Å². The molecule has 0 fully saturated rings. The highest BCUT2D eigenvalue weighted by molar-refractivity contribution is 7.16. The zero-order valence-corrected chi connectivity index (χ0v) is 12.2. The van der Waals surface area contributed by atoms with Crippen molar-refractivity contribution in [1.82, 2.24) is 15.1 Å². The average Bonchev–Trinajstić information content (AvgIpc) is 3.06. The van der Waals surface area contributed by atoms with Crippen molar-refractivity contribution in [3.63, 3.8) is 0 Å². The molecule has 3 aromatic heterocycles. The van der Waals surface area contributed by atoms with Crippen LogP contribution in [0.25, 0.3) is 23.0 Å². The van der Waals surface area contributed by atoms with Crippen LogP contribution in [0.15, 0.2) is 28.9 Å². The number of thiophene rings is 1. The van der Waals surface area contributed by atoms with E-state index in [1.54, 1.807) is 18.3 Å². The van der Waals surface area contributed by atoms with E-state index < -0.39 is 0 Å². The molecule has 102 valence electrons. The fraction of sp³-hybridized carbons (Fsp3) is 0.154. The standard InChI is InChI=1S/C13H11ClN4OS/c1-2-8-5-9(11(15)20-8)13-17-12(18-19-13)10-4-3-7(14)6-16-10/h3-6H,2,15H2,1H3. The van der Waals surface area contributed by atoms with Crippen molar-refractivity contribution in [1.29, 1.82) is 0 Å². The zero-order valence-electron chi connectivity index (χ0n) is 10.6. The lowest BCUT2D eigenvalue weighted by Crippen LogP contribution is -1.86. The third kappa shape index (κ3) is 2.39. The van der Waals surface area contributed by atoms with E-state index in [4.69, 9.17) is 21.9 Å². The van der Waals surface area contributed by atoms with Gasteiger partial charge in [0.1, 0.15) is 5.69 Å². The van der Waals surface area contributed by atoms with E-state index in [1.807, 2.05) is 6.07 Å². The lowest BCUT2D eigenvalue weighted by Gasteiger charge is -1.92. The first-order valence-corrected chi connectivity index (χ1v) is 7.21. The van der Waals surface area contributed by atoms with E-state index >= 15 is 0 Å².